The van der Waals surface area contributed by atoms with Crippen LogP contribution < -0.4 is 15.4 Å². The van der Waals surface area contributed by atoms with Gasteiger partial charge in [-0.25, -0.2) is 0 Å². The fourth-order valence-corrected chi connectivity index (χ4v) is 2.15. The van der Waals surface area contributed by atoms with Gasteiger partial charge in [-0.1, -0.05) is 12.1 Å². The molecular formula is C17H17F3N2O2. The lowest BCUT2D eigenvalue weighted by Gasteiger charge is -2.12. The first kappa shape index (κ1) is 17.7. The van der Waals surface area contributed by atoms with E-state index in [1.165, 1.54) is 12.1 Å². The summed E-state index contributed by atoms with van der Waals surface area (Å²) in [6, 6.07) is 11.8. The highest BCUT2D eigenvalue weighted by molar-refractivity contribution is 5.94. The van der Waals surface area contributed by atoms with Crippen molar-refractivity contribution in [3.05, 3.63) is 53.6 Å². The number of carbonyl (C=O) groups is 1. The predicted molar refractivity (Wildman–Crippen MR) is 86.2 cm³/mol. The van der Waals surface area contributed by atoms with E-state index >= 15 is 0 Å². The van der Waals surface area contributed by atoms with Crippen molar-refractivity contribution in [3.63, 3.8) is 0 Å². The molecule has 0 heterocycles. The van der Waals surface area contributed by atoms with Crippen LogP contribution in [0.5, 0.6) is 5.75 Å². The fraction of sp³-hybridized carbons (Fsp3) is 0.235. The second-order valence-electron chi connectivity index (χ2n) is 5.19. The Morgan fingerprint density at radius 2 is 1.88 bits per heavy atom. The van der Waals surface area contributed by atoms with E-state index in [0.717, 1.165) is 22.6 Å². The second-order valence-corrected chi connectivity index (χ2v) is 5.19. The molecule has 128 valence electrons. The zero-order valence-electron chi connectivity index (χ0n) is 13.2. The number of rotatable bonds is 5. The topological polar surface area (TPSA) is 50.4 Å². The molecule has 2 aromatic rings. The van der Waals surface area contributed by atoms with Crippen molar-refractivity contribution < 1.29 is 22.7 Å². The van der Waals surface area contributed by atoms with Gasteiger partial charge in [-0.05, 0) is 48.4 Å². The van der Waals surface area contributed by atoms with Crippen molar-refractivity contribution >= 4 is 17.3 Å². The summed E-state index contributed by atoms with van der Waals surface area (Å²) in [5.74, 6) is -1.21. The molecule has 0 spiro atoms. The number of hydrogen-bond acceptors (Lipinski definition) is 3. The molecule has 0 aromatic heterocycles. The molecule has 0 radical (unpaired) electrons. The maximum atomic E-state index is 12.3. The Morgan fingerprint density at radius 3 is 2.50 bits per heavy atom. The third-order valence-electron chi connectivity index (χ3n) is 3.33. The summed E-state index contributed by atoms with van der Waals surface area (Å²) >= 11 is 0. The van der Waals surface area contributed by atoms with Crippen molar-refractivity contribution in [2.75, 3.05) is 17.7 Å². The van der Waals surface area contributed by atoms with Gasteiger partial charge in [-0.2, -0.15) is 13.2 Å². The molecule has 24 heavy (non-hydrogen) atoms. The van der Waals surface area contributed by atoms with E-state index in [9.17, 15) is 18.0 Å². The summed E-state index contributed by atoms with van der Waals surface area (Å²) in [5.41, 5.74) is 2.66. The molecule has 0 aliphatic rings. The van der Waals surface area contributed by atoms with Crippen molar-refractivity contribution in [1.82, 2.24) is 0 Å². The first-order valence-electron chi connectivity index (χ1n) is 7.15. The fourth-order valence-electron chi connectivity index (χ4n) is 2.15. The number of anilines is 2. The number of carbonyl (C=O) groups excluding carboxylic acids is 1. The molecule has 2 aromatic carbocycles. The summed E-state index contributed by atoms with van der Waals surface area (Å²) < 4.78 is 42.0. The molecule has 0 atom stereocenters. The molecule has 0 saturated heterocycles. The lowest BCUT2D eigenvalue weighted by molar-refractivity contribution is -0.167. The quantitative estimate of drug-likeness (QED) is 0.862. The van der Waals surface area contributed by atoms with E-state index in [1.54, 1.807) is 19.2 Å². The number of benzene rings is 2. The van der Waals surface area contributed by atoms with Gasteiger partial charge in [0.1, 0.15) is 5.75 Å². The number of nitrogens with one attached hydrogen (secondary N) is 2. The maximum absolute atomic E-state index is 12.3. The third kappa shape index (κ3) is 4.65. The van der Waals surface area contributed by atoms with Crippen molar-refractivity contribution in [2.24, 2.45) is 0 Å². The Bertz CT molecular complexity index is 730. The summed E-state index contributed by atoms with van der Waals surface area (Å²) in [6.07, 6.45) is -4.91. The number of aryl methyl sites for hydroxylation is 1. The highest BCUT2D eigenvalue weighted by Gasteiger charge is 2.38. The number of halogens is 3. The van der Waals surface area contributed by atoms with E-state index in [4.69, 9.17) is 4.74 Å². The van der Waals surface area contributed by atoms with E-state index in [1.807, 2.05) is 30.4 Å². The van der Waals surface area contributed by atoms with Crippen LogP contribution in [0, 0.1) is 6.92 Å². The minimum Gasteiger partial charge on any atom is -0.496 e. The Hall–Kier alpha value is -2.70. The van der Waals surface area contributed by atoms with Crippen LogP contribution in [0.1, 0.15) is 11.1 Å². The van der Waals surface area contributed by atoms with Gasteiger partial charge in [0.05, 0.1) is 7.11 Å². The number of ether oxygens (including phenoxy) is 1. The maximum Gasteiger partial charge on any atom is 0.471 e. The van der Waals surface area contributed by atoms with Gasteiger partial charge in [-0.15, -0.1) is 0 Å². The van der Waals surface area contributed by atoms with Crippen LogP contribution in [0.15, 0.2) is 42.5 Å². The average molecular weight is 338 g/mol. The van der Waals surface area contributed by atoms with E-state index in [2.05, 4.69) is 5.32 Å². The van der Waals surface area contributed by atoms with Gasteiger partial charge in [0.15, 0.2) is 0 Å². The Balaban J connectivity index is 2.02. The second kappa shape index (κ2) is 7.25. The molecule has 2 N–H and O–H groups in total. The first-order valence-corrected chi connectivity index (χ1v) is 7.15. The van der Waals surface area contributed by atoms with Gasteiger partial charge in [0, 0.05) is 17.9 Å². The normalized spacial score (nSPS) is 11.0. The summed E-state index contributed by atoms with van der Waals surface area (Å²) in [5, 5.41) is 5.01. The Labute approximate surface area is 137 Å². The molecule has 0 unspecified atom stereocenters. The van der Waals surface area contributed by atoms with E-state index in [-0.39, 0.29) is 5.69 Å². The number of methoxy groups -OCH3 is 1. The minimum atomic E-state index is -4.91. The zero-order valence-corrected chi connectivity index (χ0v) is 13.2. The molecule has 4 nitrogen and oxygen atoms in total. The zero-order chi connectivity index (χ0) is 17.7. The van der Waals surface area contributed by atoms with Gasteiger partial charge < -0.3 is 15.4 Å². The lowest BCUT2D eigenvalue weighted by Crippen LogP contribution is -2.29. The molecule has 0 aliphatic heterocycles. The van der Waals surface area contributed by atoms with Crippen LogP contribution in [0.3, 0.4) is 0 Å². The standard InChI is InChI=1S/C17H17F3N2O2/c1-11-8-13(6-7-15(11)24-2)21-10-12-4-3-5-14(9-12)22-16(23)17(18,19)20/h3-9,21H,10H2,1-2H3,(H,22,23). The molecule has 0 aliphatic carbocycles. The largest absolute Gasteiger partial charge is 0.496 e. The molecule has 0 fully saturated rings. The highest BCUT2D eigenvalue weighted by Crippen LogP contribution is 2.22. The summed E-state index contributed by atoms with van der Waals surface area (Å²) in [4.78, 5) is 11.0. The molecule has 1 amide bonds. The Morgan fingerprint density at radius 1 is 1.12 bits per heavy atom. The van der Waals surface area contributed by atoms with Gasteiger partial charge >= 0.3 is 12.1 Å². The van der Waals surface area contributed by atoms with Crippen molar-refractivity contribution in [2.45, 2.75) is 19.6 Å². The minimum absolute atomic E-state index is 0.0996. The Kier molecular flexibility index (Phi) is 5.33. The number of amides is 1. The van der Waals surface area contributed by atoms with Crippen LogP contribution in [0.25, 0.3) is 0 Å². The lowest BCUT2D eigenvalue weighted by atomic mass is 10.1. The van der Waals surface area contributed by atoms with Gasteiger partial charge in [-0.3, -0.25) is 4.79 Å². The van der Waals surface area contributed by atoms with Crippen molar-refractivity contribution in [3.8, 4) is 5.75 Å². The van der Waals surface area contributed by atoms with E-state index in [0.29, 0.717) is 6.54 Å². The first-order chi connectivity index (χ1) is 11.3. The van der Waals surface area contributed by atoms with Crippen LogP contribution in [0.2, 0.25) is 0 Å². The molecule has 7 heteroatoms. The predicted octanol–water partition coefficient (Wildman–Crippen LogP) is 4.12. The van der Waals surface area contributed by atoms with Crippen LogP contribution in [-0.2, 0) is 11.3 Å². The van der Waals surface area contributed by atoms with Crippen molar-refractivity contribution in [1.29, 1.82) is 0 Å². The smallest absolute Gasteiger partial charge is 0.471 e. The summed E-state index contributed by atoms with van der Waals surface area (Å²) in [6.45, 7) is 2.32. The van der Waals surface area contributed by atoms with Crippen LogP contribution in [-0.4, -0.2) is 19.2 Å². The van der Waals surface area contributed by atoms with Crippen LogP contribution >= 0.6 is 0 Å². The summed E-state index contributed by atoms with van der Waals surface area (Å²) in [7, 11) is 1.59. The number of alkyl halides is 3. The molecule has 0 saturated carbocycles. The third-order valence-corrected chi connectivity index (χ3v) is 3.33. The van der Waals surface area contributed by atoms with Gasteiger partial charge in [0.25, 0.3) is 0 Å². The SMILES string of the molecule is COc1ccc(NCc2cccc(NC(=O)C(F)(F)F)c2)cc1C. The molecule has 2 rings (SSSR count). The van der Waals surface area contributed by atoms with E-state index < -0.39 is 12.1 Å². The molecule has 0 bridgehead atoms. The van der Waals surface area contributed by atoms with Crippen LogP contribution in [0.4, 0.5) is 24.5 Å². The van der Waals surface area contributed by atoms with Gasteiger partial charge in [0.2, 0.25) is 0 Å². The number of hydrogen-bond donors (Lipinski definition) is 2. The molecular weight excluding hydrogens is 321 g/mol. The highest BCUT2D eigenvalue weighted by atomic mass is 19.4. The monoisotopic (exact) mass is 338 g/mol. The average Bonchev–Trinajstić information content (AvgIpc) is 2.52.